The van der Waals surface area contributed by atoms with Crippen LogP contribution in [-0.4, -0.2) is 21.1 Å². The number of hydrogen-bond donors (Lipinski definition) is 2. The van der Waals surface area contributed by atoms with E-state index < -0.39 is 0 Å². The highest BCUT2D eigenvalue weighted by atomic mass is 79.9. The lowest BCUT2D eigenvalue weighted by molar-refractivity contribution is -0.115. The van der Waals surface area contributed by atoms with Crippen molar-refractivity contribution >= 4 is 27.8 Å². The zero-order chi connectivity index (χ0) is 11.4. The molecule has 1 aromatic heterocycles. The Hall–Kier alpha value is -1.69. The van der Waals surface area contributed by atoms with Crippen LogP contribution in [0.15, 0.2) is 35.1 Å². The minimum Gasteiger partial charge on any atom is -0.295 e. The van der Waals surface area contributed by atoms with Crippen LogP contribution in [0.4, 0.5) is 5.95 Å². The van der Waals surface area contributed by atoms with Crippen molar-refractivity contribution in [2.75, 3.05) is 5.32 Å². The van der Waals surface area contributed by atoms with Crippen LogP contribution in [0.3, 0.4) is 0 Å². The van der Waals surface area contributed by atoms with Gasteiger partial charge in [0.25, 0.3) is 0 Å². The van der Waals surface area contributed by atoms with E-state index in [1.165, 1.54) is 6.33 Å². The maximum atomic E-state index is 11.6. The van der Waals surface area contributed by atoms with Gasteiger partial charge in [0.05, 0.1) is 6.42 Å². The molecule has 0 aliphatic heterocycles. The molecule has 0 aliphatic rings. The minimum absolute atomic E-state index is 0.130. The molecule has 1 amide bonds. The molecular weight excluding hydrogens is 272 g/mol. The summed E-state index contributed by atoms with van der Waals surface area (Å²) < 4.78 is 0.956. The van der Waals surface area contributed by atoms with Crippen molar-refractivity contribution in [3.8, 4) is 0 Å². The maximum Gasteiger partial charge on any atom is 0.231 e. The van der Waals surface area contributed by atoms with Crippen molar-refractivity contribution in [1.29, 1.82) is 0 Å². The Morgan fingerprint density at radius 3 is 3.06 bits per heavy atom. The summed E-state index contributed by atoms with van der Waals surface area (Å²) in [7, 11) is 0. The van der Waals surface area contributed by atoms with Crippen LogP contribution in [0.1, 0.15) is 5.56 Å². The van der Waals surface area contributed by atoms with E-state index in [9.17, 15) is 4.79 Å². The van der Waals surface area contributed by atoms with Crippen LogP contribution in [0.25, 0.3) is 0 Å². The van der Waals surface area contributed by atoms with Crippen LogP contribution < -0.4 is 5.32 Å². The van der Waals surface area contributed by atoms with E-state index in [4.69, 9.17) is 0 Å². The third kappa shape index (κ3) is 2.90. The molecule has 0 aliphatic carbocycles. The fourth-order valence-electron chi connectivity index (χ4n) is 1.27. The second-order valence-corrected chi connectivity index (χ2v) is 4.10. The minimum atomic E-state index is -0.130. The lowest BCUT2D eigenvalue weighted by Crippen LogP contribution is -2.15. The summed E-state index contributed by atoms with van der Waals surface area (Å²) >= 11 is 3.35. The highest BCUT2D eigenvalue weighted by Crippen LogP contribution is 2.12. The smallest absolute Gasteiger partial charge is 0.231 e. The predicted octanol–water partition coefficient (Wildman–Crippen LogP) is 1.75. The van der Waals surface area contributed by atoms with Gasteiger partial charge < -0.3 is 0 Å². The van der Waals surface area contributed by atoms with Crippen molar-refractivity contribution in [2.45, 2.75) is 6.42 Å². The third-order valence-corrected chi connectivity index (χ3v) is 2.42. The van der Waals surface area contributed by atoms with Gasteiger partial charge in [0.1, 0.15) is 6.33 Å². The Morgan fingerprint density at radius 2 is 2.38 bits per heavy atom. The number of benzene rings is 1. The summed E-state index contributed by atoms with van der Waals surface area (Å²) in [5.41, 5.74) is 0.936. The summed E-state index contributed by atoms with van der Waals surface area (Å²) in [6.07, 6.45) is 1.65. The molecular formula is C10H9BrN4O. The first-order valence-electron chi connectivity index (χ1n) is 4.64. The number of anilines is 1. The van der Waals surface area contributed by atoms with E-state index in [2.05, 4.69) is 36.4 Å². The number of H-pyrrole nitrogens is 1. The molecule has 16 heavy (non-hydrogen) atoms. The molecule has 2 aromatic rings. The molecule has 0 spiro atoms. The molecule has 5 nitrogen and oxygen atoms in total. The number of carbonyl (C=O) groups excluding carboxylic acids is 1. The number of nitrogens with one attached hydrogen (secondary N) is 2. The molecule has 1 heterocycles. The van der Waals surface area contributed by atoms with Crippen molar-refractivity contribution in [1.82, 2.24) is 15.2 Å². The predicted molar refractivity (Wildman–Crippen MR) is 62.9 cm³/mol. The lowest BCUT2D eigenvalue weighted by Gasteiger charge is -2.02. The standard InChI is InChI=1S/C10H9BrN4O/c11-8-3-1-2-7(4-8)5-9(16)14-10-12-6-13-15-10/h1-4,6H,5H2,(H2,12,13,14,15,16). The topological polar surface area (TPSA) is 70.7 Å². The van der Waals surface area contributed by atoms with Gasteiger partial charge in [-0.05, 0) is 17.7 Å². The zero-order valence-electron chi connectivity index (χ0n) is 8.27. The first kappa shape index (κ1) is 10.8. The average Bonchev–Trinajstić information content (AvgIpc) is 2.70. The number of carbonyl (C=O) groups is 1. The number of nitrogens with zero attached hydrogens (tertiary/aromatic N) is 2. The molecule has 0 radical (unpaired) electrons. The van der Waals surface area contributed by atoms with Crippen molar-refractivity contribution < 1.29 is 4.79 Å². The van der Waals surface area contributed by atoms with Crippen molar-refractivity contribution in [3.63, 3.8) is 0 Å². The Labute approximate surface area is 100 Å². The molecule has 0 fully saturated rings. The van der Waals surface area contributed by atoms with E-state index in [0.29, 0.717) is 12.4 Å². The Morgan fingerprint density at radius 1 is 1.50 bits per heavy atom. The highest BCUT2D eigenvalue weighted by molar-refractivity contribution is 9.10. The molecule has 2 rings (SSSR count). The number of rotatable bonds is 3. The van der Waals surface area contributed by atoms with E-state index in [-0.39, 0.29) is 5.91 Å². The molecule has 0 unspecified atom stereocenters. The van der Waals surface area contributed by atoms with Gasteiger partial charge in [-0.15, -0.1) is 0 Å². The van der Waals surface area contributed by atoms with Gasteiger partial charge in [-0.2, -0.15) is 10.1 Å². The molecule has 1 aromatic carbocycles. The van der Waals surface area contributed by atoms with Gasteiger partial charge in [0.2, 0.25) is 11.9 Å². The van der Waals surface area contributed by atoms with Crippen LogP contribution in [0.5, 0.6) is 0 Å². The molecule has 6 heteroatoms. The van der Waals surface area contributed by atoms with Gasteiger partial charge in [0, 0.05) is 4.47 Å². The lowest BCUT2D eigenvalue weighted by atomic mass is 10.1. The highest BCUT2D eigenvalue weighted by Gasteiger charge is 2.05. The summed E-state index contributed by atoms with van der Waals surface area (Å²) in [5.74, 6) is 0.231. The van der Waals surface area contributed by atoms with Crippen LogP contribution in [-0.2, 0) is 11.2 Å². The maximum absolute atomic E-state index is 11.6. The van der Waals surface area contributed by atoms with Gasteiger partial charge >= 0.3 is 0 Å². The first-order valence-corrected chi connectivity index (χ1v) is 5.43. The molecule has 0 saturated carbocycles. The van der Waals surface area contributed by atoms with Gasteiger partial charge in [-0.1, -0.05) is 28.1 Å². The van der Waals surface area contributed by atoms with E-state index in [1.54, 1.807) is 0 Å². The largest absolute Gasteiger partial charge is 0.295 e. The number of amides is 1. The number of aromatic amines is 1. The van der Waals surface area contributed by atoms with Crippen LogP contribution in [0.2, 0.25) is 0 Å². The van der Waals surface area contributed by atoms with Crippen LogP contribution >= 0.6 is 15.9 Å². The average molecular weight is 281 g/mol. The second kappa shape index (κ2) is 4.89. The van der Waals surface area contributed by atoms with Gasteiger partial charge in [0.15, 0.2) is 0 Å². The molecule has 0 atom stereocenters. The fourth-order valence-corrected chi connectivity index (χ4v) is 1.72. The number of aromatic nitrogens is 3. The van der Waals surface area contributed by atoms with Crippen molar-refractivity contribution in [3.05, 3.63) is 40.6 Å². The van der Waals surface area contributed by atoms with E-state index in [0.717, 1.165) is 10.0 Å². The van der Waals surface area contributed by atoms with E-state index in [1.807, 2.05) is 24.3 Å². The first-order chi connectivity index (χ1) is 7.74. The summed E-state index contributed by atoms with van der Waals surface area (Å²) in [6.45, 7) is 0. The monoisotopic (exact) mass is 280 g/mol. The number of hydrogen-bond acceptors (Lipinski definition) is 3. The Bertz CT molecular complexity index is 483. The summed E-state index contributed by atoms with van der Waals surface area (Å²) in [6, 6.07) is 7.60. The molecule has 2 N–H and O–H groups in total. The van der Waals surface area contributed by atoms with Crippen LogP contribution in [0, 0.1) is 0 Å². The zero-order valence-corrected chi connectivity index (χ0v) is 9.86. The quantitative estimate of drug-likeness (QED) is 0.900. The van der Waals surface area contributed by atoms with E-state index >= 15 is 0 Å². The molecule has 0 saturated heterocycles. The SMILES string of the molecule is O=C(Cc1cccc(Br)c1)Nc1ncn[nH]1. The Kier molecular flexibility index (Phi) is 3.31. The van der Waals surface area contributed by atoms with Gasteiger partial charge in [-0.25, -0.2) is 5.10 Å². The fraction of sp³-hybridized carbons (Fsp3) is 0.100. The summed E-state index contributed by atoms with van der Waals surface area (Å²) in [4.78, 5) is 15.4. The van der Waals surface area contributed by atoms with Crippen molar-refractivity contribution in [2.24, 2.45) is 0 Å². The third-order valence-electron chi connectivity index (χ3n) is 1.93. The summed E-state index contributed by atoms with van der Waals surface area (Å²) in [5, 5.41) is 8.81. The normalized spacial score (nSPS) is 10.1. The number of halogens is 1. The Balaban J connectivity index is 1.97. The van der Waals surface area contributed by atoms with Gasteiger partial charge in [-0.3, -0.25) is 10.1 Å². The molecule has 0 bridgehead atoms. The second-order valence-electron chi connectivity index (χ2n) is 3.19. The molecule has 82 valence electrons.